The maximum absolute atomic E-state index is 5.74. The topological polar surface area (TPSA) is 51.4 Å². The zero-order chi connectivity index (χ0) is 17.6. The van der Waals surface area contributed by atoms with Crippen LogP contribution < -0.4 is 4.74 Å². The number of nitrogens with zero attached hydrogens (tertiary/aromatic N) is 3. The highest BCUT2D eigenvalue weighted by atomic mass is 79.9. The molecule has 130 valence electrons. The van der Waals surface area contributed by atoms with Crippen LogP contribution in [-0.2, 0) is 6.54 Å². The summed E-state index contributed by atoms with van der Waals surface area (Å²) in [6.07, 6.45) is 0. The van der Waals surface area contributed by atoms with E-state index < -0.39 is 0 Å². The third kappa shape index (κ3) is 5.14. The Kier molecular flexibility index (Phi) is 5.83. The largest absolute Gasteiger partial charge is 0.492 e. The maximum atomic E-state index is 5.74. The Morgan fingerprint density at radius 1 is 1.04 bits per heavy atom. The first-order valence-electron chi connectivity index (χ1n) is 8.06. The van der Waals surface area contributed by atoms with E-state index in [4.69, 9.17) is 9.15 Å². The molecule has 1 aromatic heterocycles. The van der Waals surface area contributed by atoms with Crippen molar-refractivity contribution in [3.8, 4) is 17.2 Å². The van der Waals surface area contributed by atoms with Gasteiger partial charge in [-0.15, -0.1) is 10.2 Å². The average Bonchev–Trinajstić information content (AvgIpc) is 3.06. The van der Waals surface area contributed by atoms with E-state index in [0.29, 0.717) is 24.9 Å². The molecule has 0 amide bonds. The van der Waals surface area contributed by atoms with Crippen LogP contribution in [0.3, 0.4) is 0 Å². The number of benzene rings is 2. The Balaban J connectivity index is 1.48. The van der Waals surface area contributed by atoms with Crippen LogP contribution in [0, 0.1) is 6.92 Å². The van der Waals surface area contributed by atoms with E-state index in [-0.39, 0.29) is 0 Å². The lowest BCUT2D eigenvalue weighted by atomic mass is 10.2. The van der Waals surface area contributed by atoms with Gasteiger partial charge in [-0.2, -0.15) is 0 Å². The molecule has 3 rings (SSSR count). The number of ether oxygens (including phenoxy) is 1. The van der Waals surface area contributed by atoms with E-state index in [1.54, 1.807) is 0 Å². The fourth-order valence-electron chi connectivity index (χ4n) is 2.29. The molecule has 0 fully saturated rings. The predicted octanol–water partition coefficient (Wildman–Crippen LogP) is 4.32. The predicted molar refractivity (Wildman–Crippen MR) is 100 cm³/mol. The molecule has 0 saturated heterocycles. The minimum atomic E-state index is 0.534. The Hall–Kier alpha value is -2.18. The molecule has 0 N–H and O–H groups in total. The molecular formula is C19H20BrN3O2. The van der Waals surface area contributed by atoms with Gasteiger partial charge in [-0.1, -0.05) is 33.6 Å². The van der Waals surface area contributed by atoms with Crippen LogP contribution in [0.2, 0.25) is 0 Å². The molecule has 5 nitrogen and oxygen atoms in total. The van der Waals surface area contributed by atoms with Crippen LogP contribution in [0.5, 0.6) is 5.75 Å². The van der Waals surface area contributed by atoms with Crippen LogP contribution in [0.4, 0.5) is 0 Å². The summed E-state index contributed by atoms with van der Waals surface area (Å²) in [5.41, 5.74) is 2.13. The summed E-state index contributed by atoms with van der Waals surface area (Å²) in [5.74, 6) is 2.01. The molecule has 1 heterocycles. The number of likely N-dealkylation sites (N-methyl/N-ethyl adjacent to an activating group) is 1. The minimum absolute atomic E-state index is 0.534. The van der Waals surface area contributed by atoms with Crippen LogP contribution >= 0.6 is 15.9 Å². The number of hydrogen-bond acceptors (Lipinski definition) is 5. The van der Waals surface area contributed by atoms with Gasteiger partial charge >= 0.3 is 0 Å². The van der Waals surface area contributed by atoms with E-state index in [1.807, 2.05) is 55.6 Å². The number of rotatable bonds is 7. The molecule has 0 unspecified atom stereocenters. The Morgan fingerprint density at radius 3 is 2.48 bits per heavy atom. The third-order valence-electron chi connectivity index (χ3n) is 3.73. The fraction of sp³-hybridized carbons (Fsp3) is 0.263. The van der Waals surface area contributed by atoms with Gasteiger partial charge in [0, 0.05) is 16.6 Å². The molecular weight excluding hydrogens is 382 g/mol. The first kappa shape index (κ1) is 17.6. The van der Waals surface area contributed by atoms with E-state index in [2.05, 4.69) is 38.0 Å². The van der Waals surface area contributed by atoms with Crippen LogP contribution in [0.15, 0.2) is 57.4 Å². The second-order valence-electron chi connectivity index (χ2n) is 5.91. The molecule has 0 aliphatic heterocycles. The summed E-state index contributed by atoms with van der Waals surface area (Å²) in [4.78, 5) is 2.09. The quantitative estimate of drug-likeness (QED) is 0.589. The summed E-state index contributed by atoms with van der Waals surface area (Å²) in [6.45, 7) is 4.02. The van der Waals surface area contributed by atoms with Gasteiger partial charge in [-0.3, -0.25) is 4.90 Å². The van der Waals surface area contributed by atoms with Crippen molar-refractivity contribution in [3.63, 3.8) is 0 Å². The molecule has 0 aliphatic rings. The summed E-state index contributed by atoms with van der Waals surface area (Å²) in [7, 11) is 2.00. The van der Waals surface area contributed by atoms with Crippen molar-refractivity contribution in [1.29, 1.82) is 0 Å². The lowest BCUT2D eigenvalue weighted by molar-refractivity contribution is 0.220. The van der Waals surface area contributed by atoms with E-state index in [9.17, 15) is 0 Å². The first-order valence-corrected chi connectivity index (χ1v) is 8.86. The van der Waals surface area contributed by atoms with Crippen LogP contribution in [0.25, 0.3) is 11.5 Å². The van der Waals surface area contributed by atoms with Crippen LogP contribution in [-0.4, -0.2) is 35.3 Å². The van der Waals surface area contributed by atoms with Gasteiger partial charge < -0.3 is 9.15 Å². The first-order chi connectivity index (χ1) is 12.1. The number of aromatic nitrogens is 2. The summed E-state index contributed by atoms with van der Waals surface area (Å²) in [6, 6.07) is 15.8. The number of hydrogen-bond donors (Lipinski definition) is 0. The Labute approximate surface area is 155 Å². The van der Waals surface area contributed by atoms with Gasteiger partial charge in [0.15, 0.2) is 0 Å². The highest BCUT2D eigenvalue weighted by Gasteiger charge is 2.10. The maximum Gasteiger partial charge on any atom is 0.247 e. The Bertz CT molecular complexity index is 800. The molecule has 0 radical (unpaired) electrons. The SMILES string of the molecule is Cc1ccc(OCCN(C)Cc2nnc(-c3ccc(Br)cc3)o2)cc1. The highest BCUT2D eigenvalue weighted by molar-refractivity contribution is 9.10. The van der Waals surface area contributed by atoms with Crippen LogP contribution in [0.1, 0.15) is 11.5 Å². The third-order valence-corrected chi connectivity index (χ3v) is 4.25. The lowest BCUT2D eigenvalue weighted by Crippen LogP contribution is -2.24. The number of halogens is 1. The van der Waals surface area contributed by atoms with E-state index in [1.165, 1.54) is 5.56 Å². The highest BCUT2D eigenvalue weighted by Crippen LogP contribution is 2.20. The van der Waals surface area contributed by atoms with Crippen molar-refractivity contribution in [2.75, 3.05) is 20.2 Å². The second-order valence-corrected chi connectivity index (χ2v) is 6.82. The second kappa shape index (κ2) is 8.27. The molecule has 3 aromatic rings. The molecule has 0 bridgehead atoms. The lowest BCUT2D eigenvalue weighted by Gasteiger charge is -2.14. The van der Waals surface area contributed by atoms with Crippen molar-refractivity contribution in [3.05, 3.63) is 64.5 Å². The number of aryl methyl sites for hydroxylation is 1. The van der Waals surface area contributed by atoms with E-state index >= 15 is 0 Å². The fourth-order valence-corrected chi connectivity index (χ4v) is 2.55. The normalized spacial score (nSPS) is 11.0. The zero-order valence-corrected chi connectivity index (χ0v) is 15.9. The van der Waals surface area contributed by atoms with Crippen molar-refractivity contribution in [1.82, 2.24) is 15.1 Å². The zero-order valence-electron chi connectivity index (χ0n) is 14.3. The minimum Gasteiger partial charge on any atom is -0.492 e. The van der Waals surface area contributed by atoms with E-state index in [0.717, 1.165) is 22.3 Å². The molecule has 6 heteroatoms. The Morgan fingerprint density at radius 2 is 1.76 bits per heavy atom. The molecule has 0 saturated carbocycles. The average molecular weight is 402 g/mol. The molecule has 0 aliphatic carbocycles. The summed E-state index contributed by atoms with van der Waals surface area (Å²) >= 11 is 3.42. The molecule has 25 heavy (non-hydrogen) atoms. The molecule has 2 aromatic carbocycles. The van der Waals surface area contributed by atoms with Gasteiger partial charge in [0.1, 0.15) is 12.4 Å². The van der Waals surface area contributed by atoms with Gasteiger partial charge in [0.25, 0.3) is 0 Å². The van der Waals surface area contributed by atoms with Crippen molar-refractivity contribution < 1.29 is 9.15 Å². The van der Waals surface area contributed by atoms with Gasteiger partial charge in [-0.05, 0) is 50.4 Å². The molecule has 0 spiro atoms. The standard InChI is InChI=1S/C19H20BrN3O2/c1-14-3-9-17(10-4-14)24-12-11-23(2)13-18-21-22-19(25-18)15-5-7-16(20)8-6-15/h3-10H,11-13H2,1-2H3. The van der Waals surface area contributed by atoms with Crippen molar-refractivity contribution in [2.45, 2.75) is 13.5 Å². The summed E-state index contributed by atoms with van der Waals surface area (Å²) in [5, 5.41) is 8.24. The van der Waals surface area contributed by atoms with Gasteiger partial charge in [0.2, 0.25) is 11.8 Å². The van der Waals surface area contributed by atoms with Gasteiger partial charge in [-0.25, -0.2) is 0 Å². The van der Waals surface area contributed by atoms with Crippen molar-refractivity contribution >= 4 is 15.9 Å². The monoisotopic (exact) mass is 401 g/mol. The smallest absolute Gasteiger partial charge is 0.247 e. The molecule has 0 atom stereocenters. The summed E-state index contributed by atoms with van der Waals surface area (Å²) < 4.78 is 12.5. The van der Waals surface area contributed by atoms with Gasteiger partial charge in [0.05, 0.1) is 6.54 Å². The van der Waals surface area contributed by atoms with Crippen molar-refractivity contribution in [2.24, 2.45) is 0 Å².